The summed E-state index contributed by atoms with van der Waals surface area (Å²) in [4.78, 5) is 12.3. The van der Waals surface area contributed by atoms with Crippen molar-refractivity contribution in [1.29, 1.82) is 0 Å². The lowest BCUT2D eigenvalue weighted by Crippen LogP contribution is -2.70. The number of rotatable bonds is 8. The third-order valence-electron chi connectivity index (χ3n) is 3.97. The molecule has 0 aromatic carbocycles. The second-order valence-corrected chi connectivity index (χ2v) is 5.71. The van der Waals surface area contributed by atoms with Gasteiger partial charge >= 0.3 is 5.97 Å². The molecule has 1 saturated heterocycles. The Hall–Kier alpha value is -0.950. The molecular formula is C15H27NO5. The first kappa shape index (κ1) is 18.1. The molecule has 0 amide bonds. The van der Waals surface area contributed by atoms with E-state index in [9.17, 15) is 9.90 Å². The molecule has 2 N–H and O–H groups in total. The molecule has 2 unspecified atom stereocenters. The highest BCUT2D eigenvalue weighted by atomic mass is 16.7. The van der Waals surface area contributed by atoms with Gasteiger partial charge in [0.1, 0.15) is 6.10 Å². The van der Waals surface area contributed by atoms with E-state index in [1.165, 1.54) is 0 Å². The van der Waals surface area contributed by atoms with Crippen LogP contribution in [0.5, 0.6) is 0 Å². The van der Waals surface area contributed by atoms with Gasteiger partial charge in [0, 0.05) is 13.0 Å². The number of hydrogen-bond donors (Lipinski definition) is 2. The van der Waals surface area contributed by atoms with Crippen molar-refractivity contribution in [1.82, 2.24) is 5.32 Å². The molecule has 1 fully saturated rings. The van der Waals surface area contributed by atoms with Gasteiger partial charge in [-0.2, -0.15) is 0 Å². The van der Waals surface area contributed by atoms with Crippen molar-refractivity contribution in [3.63, 3.8) is 0 Å². The Morgan fingerprint density at radius 1 is 1.52 bits per heavy atom. The van der Waals surface area contributed by atoms with Crippen LogP contribution in [0.25, 0.3) is 0 Å². The highest BCUT2D eigenvalue weighted by Gasteiger charge is 2.48. The maximum Gasteiger partial charge on any atom is 0.313 e. The molecule has 1 aliphatic heterocycles. The Morgan fingerprint density at radius 2 is 2.10 bits per heavy atom. The minimum atomic E-state index is -1.00. The molecule has 0 saturated carbocycles. The van der Waals surface area contributed by atoms with Gasteiger partial charge in [-0.25, -0.2) is 5.32 Å². The summed E-state index contributed by atoms with van der Waals surface area (Å²) in [6.45, 7) is 11.9. The molecule has 6 nitrogen and oxygen atoms in total. The number of carbonyl (C=O) groups excluding carboxylic acids is 1. The van der Waals surface area contributed by atoms with Crippen LogP contribution in [0.2, 0.25) is 0 Å². The molecule has 21 heavy (non-hydrogen) atoms. The van der Waals surface area contributed by atoms with E-state index in [1.807, 2.05) is 13.8 Å². The summed E-state index contributed by atoms with van der Waals surface area (Å²) in [5, 5.41) is 12.0. The Balaban J connectivity index is 2.60. The molecular weight excluding hydrogens is 274 g/mol. The molecule has 0 bridgehead atoms. The van der Waals surface area contributed by atoms with Gasteiger partial charge in [0.25, 0.3) is 0 Å². The topological polar surface area (TPSA) is 77.0 Å². The third kappa shape index (κ3) is 4.26. The number of esters is 1. The van der Waals surface area contributed by atoms with Crippen LogP contribution >= 0.6 is 0 Å². The normalized spacial score (nSPS) is 29.1. The number of carbonyl (C=O) groups is 1. The van der Waals surface area contributed by atoms with E-state index in [0.29, 0.717) is 13.0 Å². The predicted octanol–water partition coefficient (Wildman–Crippen LogP) is 1.39. The largest absolute Gasteiger partial charge is 0.457 e. The zero-order chi connectivity index (χ0) is 16.2. The van der Waals surface area contributed by atoms with Crippen molar-refractivity contribution < 1.29 is 24.1 Å². The summed E-state index contributed by atoms with van der Waals surface area (Å²) < 4.78 is 15.8. The maximum atomic E-state index is 12.3. The van der Waals surface area contributed by atoms with Crippen LogP contribution in [0.3, 0.4) is 0 Å². The van der Waals surface area contributed by atoms with E-state index in [4.69, 9.17) is 14.2 Å². The van der Waals surface area contributed by atoms with Gasteiger partial charge in [-0.05, 0) is 20.3 Å². The van der Waals surface area contributed by atoms with E-state index in [-0.39, 0.29) is 11.9 Å². The average molecular weight is 301 g/mol. The van der Waals surface area contributed by atoms with Crippen LogP contribution in [0.1, 0.15) is 34.1 Å². The number of ether oxygens (including phenoxy) is 3. The average Bonchev–Trinajstić information content (AvgIpc) is 2.41. The summed E-state index contributed by atoms with van der Waals surface area (Å²) in [7, 11) is 1.62. The van der Waals surface area contributed by atoms with E-state index in [0.717, 1.165) is 5.57 Å². The van der Waals surface area contributed by atoms with Crippen LogP contribution in [-0.4, -0.2) is 43.0 Å². The highest BCUT2D eigenvalue weighted by molar-refractivity contribution is 5.75. The quantitative estimate of drug-likeness (QED) is 0.521. The summed E-state index contributed by atoms with van der Waals surface area (Å²) in [6, 6.07) is 0. The molecule has 0 spiro atoms. The molecule has 0 radical (unpaired) electrons. The minimum absolute atomic E-state index is 0.0770. The second kappa shape index (κ2) is 7.35. The van der Waals surface area contributed by atoms with Gasteiger partial charge in [-0.1, -0.05) is 26.0 Å². The molecule has 0 aromatic heterocycles. The summed E-state index contributed by atoms with van der Waals surface area (Å²) in [5.41, 5.74) is -0.0624. The zero-order valence-corrected chi connectivity index (χ0v) is 13.5. The first-order chi connectivity index (χ1) is 9.75. The van der Waals surface area contributed by atoms with Crippen molar-refractivity contribution in [3.8, 4) is 0 Å². The Kier molecular flexibility index (Phi) is 6.34. The monoisotopic (exact) mass is 301 g/mol. The van der Waals surface area contributed by atoms with E-state index in [2.05, 4.69) is 11.9 Å². The molecule has 0 aromatic rings. The van der Waals surface area contributed by atoms with E-state index < -0.39 is 24.2 Å². The summed E-state index contributed by atoms with van der Waals surface area (Å²) in [6.07, 6.45) is -0.896. The first-order valence-electron chi connectivity index (χ1n) is 7.26. The first-order valence-corrected chi connectivity index (χ1v) is 7.26. The van der Waals surface area contributed by atoms with Crippen LogP contribution in [0.15, 0.2) is 12.2 Å². The second-order valence-electron chi connectivity index (χ2n) is 5.71. The van der Waals surface area contributed by atoms with Crippen LogP contribution in [0.4, 0.5) is 0 Å². The maximum absolute atomic E-state index is 12.3. The van der Waals surface area contributed by atoms with Gasteiger partial charge < -0.3 is 19.3 Å². The molecule has 0 aliphatic carbocycles. The number of nitrogens with one attached hydrogen (secondary N) is 1. The van der Waals surface area contributed by atoms with Crippen LogP contribution in [-0.2, 0) is 19.0 Å². The van der Waals surface area contributed by atoms with Crippen LogP contribution < -0.4 is 5.32 Å². The molecule has 122 valence electrons. The summed E-state index contributed by atoms with van der Waals surface area (Å²) >= 11 is 0. The molecule has 6 heteroatoms. The van der Waals surface area contributed by atoms with Crippen molar-refractivity contribution in [2.45, 2.75) is 52.4 Å². The van der Waals surface area contributed by atoms with Gasteiger partial charge in [-0.15, -0.1) is 0 Å². The smallest absolute Gasteiger partial charge is 0.313 e. The van der Waals surface area contributed by atoms with Crippen LogP contribution in [0, 0.1) is 11.8 Å². The fraction of sp³-hybridized carbons (Fsp3) is 0.800. The van der Waals surface area contributed by atoms with Crippen molar-refractivity contribution in [3.05, 3.63) is 12.2 Å². The van der Waals surface area contributed by atoms with E-state index >= 15 is 0 Å². The zero-order valence-electron chi connectivity index (χ0n) is 13.5. The Bertz CT molecular complexity index is 378. The lowest BCUT2D eigenvalue weighted by molar-refractivity contribution is -0.343. The number of methoxy groups -OCH3 is 1. The number of aliphatic hydroxyl groups excluding tert-OH is 1. The molecule has 1 rings (SSSR count). The standard InChI is InChI=1S/C15H27NO5/c1-7-12(15(5)16-14(18)21-15)20-13(17)11(4)10(3)9(2)8-19-6/h9,11-12,14,16,18H,3,7-8H2,1-2,4-6H3/t9-,11?,12-,14?,15-/m1/s1. The van der Waals surface area contributed by atoms with Gasteiger partial charge in [0.2, 0.25) is 6.41 Å². The Labute approximate surface area is 126 Å². The van der Waals surface area contributed by atoms with Gasteiger partial charge in [0.05, 0.1) is 12.5 Å². The minimum Gasteiger partial charge on any atom is -0.457 e. The molecule has 1 heterocycles. The van der Waals surface area contributed by atoms with Crippen molar-refractivity contribution >= 4 is 5.97 Å². The van der Waals surface area contributed by atoms with Gasteiger partial charge in [-0.3, -0.25) is 4.79 Å². The molecule has 5 atom stereocenters. The SMILES string of the molecule is C=C(C(C)C(=O)O[C@H](CC)[C@]1(C)NC(O)O1)[C@H](C)COC. The third-order valence-corrected chi connectivity index (χ3v) is 3.97. The molecule has 1 aliphatic rings. The number of hydrogen-bond acceptors (Lipinski definition) is 6. The lowest BCUT2D eigenvalue weighted by atomic mass is 9.92. The van der Waals surface area contributed by atoms with Crippen molar-refractivity contribution in [2.24, 2.45) is 11.8 Å². The van der Waals surface area contributed by atoms with E-state index in [1.54, 1.807) is 21.0 Å². The predicted molar refractivity (Wildman–Crippen MR) is 78.1 cm³/mol. The Morgan fingerprint density at radius 3 is 2.52 bits per heavy atom. The van der Waals surface area contributed by atoms with Gasteiger partial charge in [0.15, 0.2) is 5.72 Å². The fourth-order valence-corrected chi connectivity index (χ4v) is 2.41. The summed E-state index contributed by atoms with van der Waals surface area (Å²) in [5.74, 6) is -0.686. The number of aliphatic hydroxyl groups is 1. The highest BCUT2D eigenvalue weighted by Crippen LogP contribution is 2.29. The van der Waals surface area contributed by atoms with Crippen molar-refractivity contribution in [2.75, 3.05) is 13.7 Å². The fourth-order valence-electron chi connectivity index (χ4n) is 2.41. The lowest BCUT2D eigenvalue weighted by Gasteiger charge is -2.47.